The molecule has 4 aromatic carbocycles. The fourth-order valence-corrected chi connectivity index (χ4v) is 5.20. The van der Waals surface area contributed by atoms with E-state index >= 15 is 0 Å². The minimum Gasteiger partial charge on any atom is -0.437 e. The van der Waals surface area contributed by atoms with Gasteiger partial charge in [0.05, 0.1) is 11.1 Å². The van der Waals surface area contributed by atoms with Crippen LogP contribution in [0.4, 0.5) is 0 Å². The second-order valence-corrected chi connectivity index (χ2v) is 10.8. The molecule has 180 valence electrons. The normalized spacial score (nSPS) is 15.3. The molecule has 0 fully saturated rings. The lowest BCUT2D eigenvalue weighted by Crippen LogP contribution is -2.12. The van der Waals surface area contributed by atoms with Gasteiger partial charge in [0.15, 0.2) is 0 Å². The van der Waals surface area contributed by atoms with Gasteiger partial charge >= 0.3 is 0 Å². The number of rotatable bonds is 3. The highest BCUT2D eigenvalue weighted by Gasteiger charge is 2.22. The third-order valence-corrected chi connectivity index (χ3v) is 6.74. The third kappa shape index (κ3) is 3.65. The van der Waals surface area contributed by atoms with E-state index in [0.29, 0.717) is 22.2 Å². The van der Waals surface area contributed by atoms with E-state index in [9.17, 15) is 0 Å². The van der Waals surface area contributed by atoms with Crippen LogP contribution >= 0.6 is 0 Å². The molecule has 0 unspecified atom stereocenters. The highest BCUT2D eigenvalue weighted by atomic mass is 16.3. The number of aromatic nitrogens is 2. The zero-order valence-electron chi connectivity index (χ0n) is 26.2. The molecule has 0 aliphatic heterocycles. The highest BCUT2D eigenvalue weighted by Crippen LogP contribution is 2.41. The second-order valence-electron chi connectivity index (χ2n) is 10.8. The van der Waals surface area contributed by atoms with E-state index in [1.54, 1.807) is 0 Å². The minimum absolute atomic E-state index is 0.172. The van der Waals surface area contributed by atoms with E-state index in [1.807, 2.05) is 62.4 Å². The van der Waals surface area contributed by atoms with Gasteiger partial charge in [-0.15, -0.1) is 0 Å². The summed E-state index contributed by atoms with van der Waals surface area (Å²) in [6.45, 7) is 7.69. The number of furan rings is 1. The van der Waals surface area contributed by atoms with Crippen LogP contribution in [-0.4, -0.2) is 9.97 Å². The van der Waals surface area contributed by atoms with E-state index in [2.05, 4.69) is 48.9 Å². The van der Waals surface area contributed by atoms with Crippen LogP contribution in [0.2, 0.25) is 0 Å². The molecule has 2 aromatic heterocycles. The van der Waals surface area contributed by atoms with Crippen LogP contribution in [0.15, 0.2) is 71.1 Å². The Morgan fingerprint density at radius 3 is 2.44 bits per heavy atom. The van der Waals surface area contributed by atoms with E-state index < -0.39 is 13.2 Å². The van der Waals surface area contributed by atoms with Crippen molar-refractivity contribution in [2.45, 2.75) is 53.3 Å². The molecule has 0 amide bonds. The Morgan fingerprint density at radius 1 is 0.889 bits per heavy atom. The van der Waals surface area contributed by atoms with Gasteiger partial charge in [0.2, 0.25) is 5.71 Å². The van der Waals surface area contributed by atoms with Gasteiger partial charge in [-0.2, -0.15) is 4.98 Å². The van der Waals surface area contributed by atoms with E-state index in [4.69, 9.17) is 11.3 Å². The van der Waals surface area contributed by atoms with Crippen LogP contribution in [0.3, 0.4) is 0 Å². The average Bonchev–Trinajstić information content (AvgIpc) is 3.29. The van der Waals surface area contributed by atoms with Crippen molar-refractivity contribution < 1.29 is 11.3 Å². The molecule has 6 rings (SSSR count). The van der Waals surface area contributed by atoms with Crippen molar-refractivity contribution in [3.05, 3.63) is 83.7 Å². The lowest BCUT2D eigenvalue weighted by atomic mass is 9.82. The number of nitrogens with zero attached hydrogens (tertiary/aromatic N) is 2. The molecule has 0 bridgehead atoms. The number of aryl methyl sites for hydroxylation is 1. The largest absolute Gasteiger partial charge is 0.437 e. The Balaban J connectivity index is 1.74. The topological polar surface area (TPSA) is 38.9 Å². The molecule has 0 saturated heterocycles. The molecule has 3 heteroatoms. The van der Waals surface area contributed by atoms with Crippen molar-refractivity contribution in [1.29, 1.82) is 0 Å². The summed E-state index contributed by atoms with van der Waals surface area (Å²) in [4.78, 5) is 9.06. The maximum Gasteiger partial charge on any atom is 0.231 e. The van der Waals surface area contributed by atoms with Gasteiger partial charge in [-0.25, -0.2) is 4.98 Å². The summed E-state index contributed by atoms with van der Waals surface area (Å²) in [5.74, 6) is -0.505. The monoisotopic (exact) mass is 477 g/mol. The Hall–Kier alpha value is -3.72. The third-order valence-electron chi connectivity index (χ3n) is 6.74. The van der Waals surface area contributed by atoms with Gasteiger partial charge in [0.1, 0.15) is 11.4 Å². The number of hydrogen-bond donors (Lipinski definition) is 0. The summed E-state index contributed by atoms with van der Waals surface area (Å²) in [6, 6.07) is 21.7. The SMILES string of the molecule is [2H]C([2H])([2H])c1nc(-c2cc(C(C)(C)C)c3ccccc3c2)c2c(n1)oc1c3cccc(C([2H])([2H])C(C)C)c3ccc12. The van der Waals surface area contributed by atoms with Crippen molar-refractivity contribution in [3.63, 3.8) is 0 Å². The summed E-state index contributed by atoms with van der Waals surface area (Å²) in [7, 11) is 0. The maximum absolute atomic E-state index is 8.75. The quantitative estimate of drug-likeness (QED) is 0.255. The van der Waals surface area contributed by atoms with Gasteiger partial charge in [-0.05, 0) is 70.0 Å². The average molecular weight is 478 g/mol. The fourth-order valence-electron chi connectivity index (χ4n) is 5.20. The van der Waals surface area contributed by atoms with Crippen LogP contribution in [0.5, 0.6) is 0 Å². The maximum atomic E-state index is 8.75. The first kappa shape index (κ1) is 17.7. The van der Waals surface area contributed by atoms with Gasteiger partial charge in [-0.3, -0.25) is 0 Å². The summed E-state index contributed by atoms with van der Waals surface area (Å²) < 4.78 is 48.2. The van der Waals surface area contributed by atoms with Crippen LogP contribution in [0.1, 0.15) is 58.4 Å². The van der Waals surface area contributed by atoms with Crippen molar-refractivity contribution in [2.24, 2.45) is 5.92 Å². The Kier molecular flexibility index (Phi) is 4.01. The molecule has 0 radical (unpaired) electrons. The first-order valence-corrected chi connectivity index (χ1v) is 12.4. The molecule has 0 spiro atoms. The van der Waals surface area contributed by atoms with Crippen LogP contribution in [-0.2, 0) is 11.8 Å². The zero-order chi connectivity index (χ0) is 29.5. The van der Waals surface area contributed by atoms with Gasteiger partial charge in [-0.1, -0.05) is 83.1 Å². The lowest BCUT2D eigenvalue weighted by molar-refractivity contribution is 0.596. The van der Waals surface area contributed by atoms with Crippen LogP contribution in [0, 0.1) is 12.8 Å². The first-order chi connectivity index (χ1) is 19.2. The van der Waals surface area contributed by atoms with E-state index in [-0.39, 0.29) is 22.9 Å². The molecular formula is C33H32N2O. The van der Waals surface area contributed by atoms with Crippen molar-refractivity contribution in [2.75, 3.05) is 0 Å². The first-order valence-electron chi connectivity index (χ1n) is 14.9. The van der Waals surface area contributed by atoms with Crippen LogP contribution < -0.4 is 0 Å². The summed E-state index contributed by atoms with van der Waals surface area (Å²) >= 11 is 0. The molecule has 0 aliphatic rings. The smallest absolute Gasteiger partial charge is 0.231 e. The Labute approximate surface area is 219 Å². The van der Waals surface area contributed by atoms with Crippen molar-refractivity contribution >= 4 is 43.6 Å². The fraction of sp³-hybridized carbons (Fsp3) is 0.273. The van der Waals surface area contributed by atoms with Gasteiger partial charge in [0.25, 0.3) is 0 Å². The molecule has 0 N–H and O–H groups in total. The summed E-state index contributed by atoms with van der Waals surface area (Å²) in [6.07, 6.45) is -1.55. The predicted octanol–water partition coefficient (Wildman–Crippen LogP) is 9.15. The van der Waals surface area contributed by atoms with Gasteiger partial charge in [0, 0.05) is 23.2 Å². The number of fused-ring (bicyclic) bond motifs is 6. The molecular weight excluding hydrogens is 440 g/mol. The highest BCUT2D eigenvalue weighted by molar-refractivity contribution is 6.18. The Morgan fingerprint density at radius 2 is 1.67 bits per heavy atom. The van der Waals surface area contributed by atoms with Crippen LogP contribution in [0.25, 0.3) is 54.9 Å². The van der Waals surface area contributed by atoms with Crippen molar-refractivity contribution in [3.8, 4) is 11.3 Å². The minimum atomic E-state index is -2.53. The summed E-state index contributed by atoms with van der Waals surface area (Å²) in [5.41, 5.74) is 3.58. The van der Waals surface area contributed by atoms with Gasteiger partial charge < -0.3 is 4.42 Å². The van der Waals surface area contributed by atoms with E-state index in [1.165, 1.54) is 0 Å². The molecule has 6 aromatic rings. The predicted molar refractivity (Wildman–Crippen MR) is 152 cm³/mol. The molecule has 0 saturated carbocycles. The molecule has 0 aliphatic carbocycles. The van der Waals surface area contributed by atoms with Crippen molar-refractivity contribution in [1.82, 2.24) is 9.97 Å². The van der Waals surface area contributed by atoms with E-state index in [0.717, 1.165) is 38.1 Å². The molecule has 0 atom stereocenters. The lowest BCUT2D eigenvalue weighted by Gasteiger charge is -2.23. The number of hydrogen-bond acceptors (Lipinski definition) is 3. The zero-order valence-corrected chi connectivity index (χ0v) is 21.2. The Bertz CT molecular complexity index is 1980. The second kappa shape index (κ2) is 8.16. The molecule has 2 heterocycles. The molecule has 3 nitrogen and oxygen atoms in total. The molecule has 36 heavy (non-hydrogen) atoms. The number of benzene rings is 4. The summed E-state index contributed by atoms with van der Waals surface area (Å²) in [5, 5.41) is 5.08. The standard InChI is InChI=1S/C33H32N2O/c1-19(2)16-21-11-9-13-26-24(21)14-15-27-29-30(34-20(3)35-32(29)36-31(26)27)23-17-22-10-7-8-12-25(22)28(18-23)33(4,5)6/h7-15,17-19H,16H2,1-6H3/i3D3,16D2.